The Morgan fingerprint density at radius 3 is 2.14 bits per heavy atom. The highest BCUT2D eigenvalue weighted by Crippen LogP contribution is 2.23. The van der Waals surface area contributed by atoms with Crippen molar-refractivity contribution in [2.75, 3.05) is 5.32 Å². The summed E-state index contributed by atoms with van der Waals surface area (Å²) in [5.41, 5.74) is 4.04. The fraction of sp³-hybridized carbons (Fsp3) is 0.0833. The Hall–Kier alpha value is -3.44. The Balaban J connectivity index is 1.58. The third-order valence-electron chi connectivity index (χ3n) is 4.75. The zero-order valence-corrected chi connectivity index (χ0v) is 16.7. The Bertz CT molecular complexity index is 1160. The summed E-state index contributed by atoms with van der Waals surface area (Å²) in [5, 5.41) is 7.98. The zero-order chi connectivity index (χ0) is 20.2. The first-order valence-corrected chi connectivity index (χ1v) is 9.73. The summed E-state index contributed by atoms with van der Waals surface area (Å²) >= 11 is 5.57. The summed E-state index contributed by atoms with van der Waals surface area (Å²) in [6.45, 7) is 1.89. The number of nitrogens with one attached hydrogen (secondary N) is 2. The number of hydrogen-bond acceptors (Lipinski definition) is 3. The minimum Gasteiger partial charge on any atom is -0.423 e. The van der Waals surface area contributed by atoms with Crippen LogP contribution in [0.15, 0.2) is 94.1 Å². The van der Waals surface area contributed by atoms with E-state index < -0.39 is 0 Å². The minimum absolute atomic E-state index is 0.0852. The molecule has 4 nitrogen and oxygen atoms in total. The van der Waals surface area contributed by atoms with Crippen molar-refractivity contribution < 1.29 is 4.42 Å². The molecule has 0 saturated carbocycles. The maximum Gasteiger partial charge on any atom is 0.336 e. The van der Waals surface area contributed by atoms with Crippen LogP contribution in [0.1, 0.15) is 22.7 Å². The van der Waals surface area contributed by atoms with Crippen LogP contribution in [0.4, 0.5) is 5.69 Å². The normalized spacial score (nSPS) is 10.8. The molecule has 0 aliphatic carbocycles. The van der Waals surface area contributed by atoms with E-state index in [1.807, 2.05) is 55.5 Å². The highest BCUT2D eigenvalue weighted by molar-refractivity contribution is 7.80. The molecule has 0 atom stereocenters. The number of thiocarbonyl (C=S) groups is 1. The van der Waals surface area contributed by atoms with Crippen LogP contribution in [0.25, 0.3) is 11.0 Å². The van der Waals surface area contributed by atoms with Gasteiger partial charge in [0.15, 0.2) is 5.11 Å². The largest absolute Gasteiger partial charge is 0.423 e. The predicted octanol–water partition coefficient (Wildman–Crippen LogP) is 5.18. The SMILES string of the molecule is Cc1cc(=O)oc2cc(NC(=S)NC(c3ccccc3)c3ccccc3)ccc12. The Morgan fingerprint density at radius 1 is 0.897 bits per heavy atom. The molecule has 2 N–H and O–H groups in total. The quantitative estimate of drug-likeness (QED) is 0.365. The van der Waals surface area contributed by atoms with E-state index in [-0.39, 0.29) is 11.7 Å². The van der Waals surface area contributed by atoms with Gasteiger partial charge in [0.1, 0.15) is 5.58 Å². The first-order valence-electron chi connectivity index (χ1n) is 9.32. The van der Waals surface area contributed by atoms with Crippen LogP contribution in [-0.2, 0) is 0 Å². The van der Waals surface area contributed by atoms with Crippen LogP contribution in [0, 0.1) is 6.92 Å². The van der Waals surface area contributed by atoms with Gasteiger partial charge in [-0.3, -0.25) is 0 Å². The van der Waals surface area contributed by atoms with Crippen molar-refractivity contribution in [1.29, 1.82) is 0 Å². The molecule has 0 aliphatic rings. The van der Waals surface area contributed by atoms with E-state index in [0.29, 0.717) is 10.7 Å². The minimum atomic E-state index is -0.360. The summed E-state index contributed by atoms with van der Waals surface area (Å²) in [5.74, 6) is 0. The van der Waals surface area contributed by atoms with Gasteiger partial charge in [-0.1, -0.05) is 60.7 Å². The third-order valence-corrected chi connectivity index (χ3v) is 4.97. The molecular formula is C24H20N2O2S. The first-order chi connectivity index (χ1) is 14.1. The van der Waals surface area contributed by atoms with Crippen LogP contribution in [0.2, 0.25) is 0 Å². The van der Waals surface area contributed by atoms with Gasteiger partial charge in [-0.05, 0) is 48.0 Å². The van der Waals surface area contributed by atoms with Crippen molar-refractivity contribution >= 4 is 34.0 Å². The standard InChI is InChI=1S/C24H20N2O2S/c1-16-14-22(27)28-21-15-19(12-13-20(16)21)25-24(29)26-23(17-8-4-2-5-9-17)18-10-6-3-7-11-18/h2-15,23H,1H3,(H2,25,26,29). The summed E-state index contributed by atoms with van der Waals surface area (Å²) in [6.07, 6.45) is 0. The van der Waals surface area contributed by atoms with Gasteiger partial charge < -0.3 is 15.1 Å². The molecule has 1 aromatic heterocycles. The molecule has 0 fully saturated rings. The number of anilines is 1. The van der Waals surface area contributed by atoms with Crippen LogP contribution in [-0.4, -0.2) is 5.11 Å². The lowest BCUT2D eigenvalue weighted by atomic mass is 9.99. The van der Waals surface area contributed by atoms with Crippen LogP contribution in [0.5, 0.6) is 0 Å². The van der Waals surface area contributed by atoms with E-state index in [1.165, 1.54) is 6.07 Å². The van der Waals surface area contributed by atoms with Crippen LogP contribution < -0.4 is 16.3 Å². The van der Waals surface area contributed by atoms with Crippen molar-refractivity contribution in [2.45, 2.75) is 13.0 Å². The van der Waals surface area contributed by atoms with E-state index >= 15 is 0 Å². The van der Waals surface area contributed by atoms with Gasteiger partial charge in [0.2, 0.25) is 0 Å². The summed E-state index contributed by atoms with van der Waals surface area (Å²) in [7, 11) is 0. The van der Waals surface area contributed by atoms with Gasteiger partial charge in [-0.25, -0.2) is 4.79 Å². The molecule has 29 heavy (non-hydrogen) atoms. The van der Waals surface area contributed by atoms with Crippen molar-refractivity contribution in [1.82, 2.24) is 5.32 Å². The fourth-order valence-electron chi connectivity index (χ4n) is 3.35. The maximum atomic E-state index is 11.7. The molecule has 0 amide bonds. The summed E-state index contributed by atoms with van der Waals surface area (Å²) in [6, 6.07) is 27.3. The Labute approximate surface area is 174 Å². The lowest BCUT2D eigenvalue weighted by molar-refractivity contribution is 0.560. The molecule has 4 aromatic rings. The molecule has 0 aliphatic heterocycles. The van der Waals surface area contributed by atoms with Crippen LogP contribution in [0.3, 0.4) is 0 Å². The van der Waals surface area contributed by atoms with Gasteiger partial charge in [0.25, 0.3) is 0 Å². The molecule has 0 bridgehead atoms. The number of aryl methyl sites for hydroxylation is 1. The van der Waals surface area contributed by atoms with Gasteiger partial charge in [-0.2, -0.15) is 0 Å². The highest BCUT2D eigenvalue weighted by Gasteiger charge is 2.15. The van der Waals surface area contributed by atoms with E-state index in [1.54, 1.807) is 6.07 Å². The highest BCUT2D eigenvalue weighted by atomic mass is 32.1. The number of fused-ring (bicyclic) bond motifs is 1. The fourth-order valence-corrected chi connectivity index (χ4v) is 3.59. The maximum absolute atomic E-state index is 11.7. The van der Waals surface area contributed by atoms with Crippen molar-refractivity contribution in [3.8, 4) is 0 Å². The van der Waals surface area contributed by atoms with E-state index in [9.17, 15) is 4.79 Å². The molecule has 0 radical (unpaired) electrons. The van der Waals surface area contributed by atoms with E-state index in [0.717, 1.165) is 27.8 Å². The number of benzene rings is 3. The molecule has 144 valence electrons. The van der Waals surface area contributed by atoms with Crippen molar-refractivity contribution in [3.05, 3.63) is 112 Å². The first kappa shape index (κ1) is 18.9. The topological polar surface area (TPSA) is 54.3 Å². The molecule has 3 aromatic carbocycles. The average molecular weight is 401 g/mol. The lowest BCUT2D eigenvalue weighted by Crippen LogP contribution is -2.33. The second-order valence-electron chi connectivity index (χ2n) is 6.81. The Morgan fingerprint density at radius 2 is 1.52 bits per heavy atom. The number of rotatable bonds is 4. The van der Waals surface area contributed by atoms with Crippen molar-refractivity contribution in [2.24, 2.45) is 0 Å². The molecule has 5 heteroatoms. The molecule has 0 spiro atoms. The average Bonchev–Trinajstić information content (AvgIpc) is 2.73. The second-order valence-corrected chi connectivity index (χ2v) is 7.22. The molecule has 0 saturated heterocycles. The predicted molar refractivity (Wildman–Crippen MR) is 121 cm³/mol. The molecular weight excluding hydrogens is 380 g/mol. The molecule has 1 heterocycles. The monoisotopic (exact) mass is 400 g/mol. The summed E-state index contributed by atoms with van der Waals surface area (Å²) in [4.78, 5) is 11.7. The third kappa shape index (κ3) is 4.36. The van der Waals surface area contributed by atoms with Gasteiger partial charge in [0, 0.05) is 23.2 Å². The van der Waals surface area contributed by atoms with Crippen LogP contribution >= 0.6 is 12.2 Å². The Kier molecular flexibility index (Phi) is 5.40. The lowest BCUT2D eigenvalue weighted by Gasteiger charge is -2.22. The van der Waals surface area contributed by atoms with Crippen molar-refractivity contribution in [3.63, 3.8) is 0 Å². The summed E-state index contributed by atoms with van der Waals surface area (Å²) < 4.78 is 5.33. The molecule has 4 rings (SSSR count). The number of hydrogen-bond donors (Lipinski definition) is 2. The van der Waals surface area contributed by atoms with Gasteiger partial charge >= 0.3 is 5.63 Å². The second kappa shape index (κ2) is 8.29. The van der Waals surface area contributed by atoms with Gasteiger partial charge in [0.05, 0.1) is 6.04 Å². The van der Waals surface area contributed by atoms with E-state index in [4.69, 9.17) is 16.6 Å². The van der Waals surface area contributed by atoms with E-state index in [2.05, 4.69) is 34.9 Å². The molecule has 0 unspecified atom stereocenters. The zero-order valence-electron chi connectivity index (χ0n) is 15.9. The van der Waals surface area contributed by atoms with Gasteiger partial charge in [-0.15, -0.1) is 0 Å². The smallest absolute Gasteiger partial charge is 0.336 e.